The van der Waals surface area contributed by atoms with E-state index in [1.165, 1.54) is 12.1 Å². The fourth-order valence-electron chi connectivity index (χ4n) is 1.87. The Hall–Kier alpha value is -1.56. The molecule has 0 saturated carbocycles. The van der Waals surface area contributed by atoms with Crippen molar-refractivity contribution in [2.24, 2.45) is 5.92 Å². The first-order chi connectivity index (χ1) is 9.71. The number of alkyl halides is 3. The zero-order chi connectivity index (χ0) is 16.0. The summed E-state index contributed by atoms with van der Waals surface area (Å²) in [6.45, 7) is 6.08. The van der Waals surface area contributed by atoms with E-state index in [-0.39, 0.29) is 18.0 Å². The van der Waals surface area contributed by atoms with E-state index in [2.05, 4.69) is 10.6 Å². The maximum Gasteiger partial charge on any atom is 0.416 e. The van der Waals surface area contributed by atoms with Gasteiger partial charge in [0.1, 0.15) is 0 Å². The van der Waals surface area contributed by atoms with Gasteiger partial charge in [0.2, 0.25) is 5.91 Å². The average Bonchev–Trinajstić information content (AvgIpc) is 2.41. The first-order valence-corrected chi connectivity index (χ1v) is 6.88. The fourth-order valence-corrected chi connectivity index (χ4v) is 1.87. The predicted molar refractivity (Wildman–Crippen MR) is 75.7 cm³/mol. The molecule has 118 valence electrons. The minimum atomic E-state index is -4.40. The van der Waals surface area contributed by atoms with Crippen molar-refractivity contribution in [2.45, 2.75) is 33.0 Å². The Morgan fingerprint density at radius 1 is 1.19 bits per heavy atom. The smallest absolute Gasteiger partial charge is 0.355 e. The summed E-state index contributed by atoms with van der Waals surface area (Å²) >= 11 is 0. The van der Waals surface area contributed by atoms with Gasteiger partial charge in [0.25, 0.3) is 0 Å². The van der Waals surface area contributed by atoms with Gasteiger partial charge in [-0.1, -0.05) is 32.0 Å². The summed E-state index contributed by atoms with van der Waals surface area (Å²) in [5, 5.41) is 5.53. The van der Waals surface area contributed by atoms with E-state index in [9.17, 15) is 18.0 Å². The molecule has 0 radical (unpaired) electrons. The summed E-state index contributed by atoms with van der Waals surface area (Å²) in [7, 11) is 0. The van der Waals surface area contributed by atoms with E-state index < -0.39 is 17.8 Å². The number of benzene rings is 1. The van der Waals surface area contributed by atoms with Gasteiger partial charge in [0.15, 0.2) is 0 Å². The molecule has 1 rings (SSSR count). The molecule has 0 aliphatic heterocycles. The highest BCUT2D eigenvalue weighted by Crippen LogP contribution is 2.34. The summed E-state index contributed by atoms with van der Waals surface area (Å²) in [5.74, 6) is 0.109. The molecule has 0 bridgehead atoms. The van der Waals surface area contributed by atoms with Gasteiger partial charge in [-0.05, 0) is 24.5 Å². The fraction of sp³-hybridized carbons (Fsp3) is 0.533. The number of amides is 1. The topological polar surface area (TPSA) is 41.1 Å². The summed E-state index contributed by atoms with van der Waals surface area (Å²) in [4.78, 5) is 11.6. The van der Waals surface area contributed by atoms with E-state index in [1.807, 2.05) is 13.8 Å². The van der Waals surface area contributed by atoms with Crippen LogP contribution in [0.2, 0.25) is 0 Å². The lowest BCUT2D eigenvalue weighted by molar-refractivity contribution is -0.138. The highest BCUT2D eigenvalue weighted by Gasteiger charge is 2.34. The van der Waals surface area contributed by atoms with Crippen LogP contribution in [-0.4, -0.2) is 19.0 Å². The number of hydrogen-bond donors (Lipinski definition) is 2. The monoisotopic (exact) mass is 302 g/mol. The highest BCUT2D eigenvalue weighted by atomic mass is 19.4. The molecule has 6 heteroatoms. The van der Waals surface area contributed by atoms with Crippen molar-refractivity contribution in [2.75, 3.05) is 13.1 Å². The second-order valence-electron chi connectivity index (χ2n) is 5.39. The van der Waals surface area contributed by atoms with E-state index in [0.29, 0.717) is 12.5 Å². The number of carbonyl (C=O) groups excluding carboxylic acids is 1. The number of halogens is 3. The Morgan fingerprint density at radius 2 is 1.81 bits per heavy atom. The minimum absolute atomic E-state index is 0.0138. The Balaban J connectivity index is 2.64. The van der Waals surface area contributed by atoms with E-state index in [0.717, 1.165) is 6.07 Å². The second kappa shape index (κ2) is 7.45. The van der Waals surface area contributed by atoms with Crippen molar-refractivity contribution in [1.29, 1.82) is 0 Å². The molecule has 0 aromatic heterocycles. The van der Waals surface area contributed by atoms with Crippen LogP contribution in [-0.2, 0) is 11.0 Å². The highest BCUT2D eigenvalue weighted by molar-refractivity contribution is 5.78. The zero-order valence-corrected chi connectivity index (χ0v) is 12.4. The zero-order valence-electron chi connectivity index (χ0n) is 12.4. The van der Waals surface area contributed by atoms with Gasteiger partial charge >= 0.3 is 6.18 Å². The van der Waals surface area contributed by atoms with Crippen LogP contribution in [0.3, 0.4) is 0 Å². The Labute approximate surface area is 122 Å². The Kier molecular flexibility index (Phi) is 6.20. The predicted octanol–water partition coefficient (Wildman–Crippen LogP) is 3.13. The summed E-state index contributed by atoms with van der Waals surface area (Å²) in [6, 6.07) is 4.82. The molecular weight excluding hydrogens is 281 g/mol. The van der Waals surface area contributed by atoms with Crippen LogP contribution in [0.4, 0.5) is 13.2 Å². The first-order valence-electron chi connectivity index (χ1n) is 6.88. The number of nitrogens with one attached hydrogen (secondary N) is 2. The maximum atomic E-state index is 12.9. The van der Waals surface area contributed by atoms with Crippen LogP contribution < -0.4 is 10.6 Å². The Bertz CT molecular complexity index is 472. The van der Waals surface area contributed by atoms with Crippen LogP contribution in [0, 0.1) is 5.92 Å². The van der Waals surface area contributed by atoms with Crippen LogP contribution in [0.1, 0.15) is 37.9 Å². The summed E-state index contributed by atoms with van der Waals surface area (Å²) in [6.07, 6.45) is -4.40. The van der Waals surface area contributed by atoms with Crippen molar-refractivity contribution < 1.29 is 18.0 Å². The molecular formula is C15H21F3N2O. The van der Waals surface area contributed by atoms with Crippen molar-refractivity contribution in [3.63, 3.8) is 0 Å². The lowest BCUT2D eigenvalue weighted by Gasteiger charge is -2.19. The molecule has 0 aliphatic rings. The van der Waals surface area contributed by atoms with Crippen molar-refractivity contribution in [3.8, 4) is 0 Å². The van der Waals surface area contributed by atoms with Gasteiger partial charge in [-0.15, -0.1) is 0 Å². The van der Waals surface area contributed by atoms with Crippen molar-refractivity contribution in [3.05, 3.63) is 35.4 Å². The molecule has 0 spiro atoms. The molecule has 2 N–H and O–H groups in total. The molecule has 1 atom stereocenters. The molecule has 0 fully saturated rings. The molecule has 21 heavy (non-hydrogen) atoms. The van der Waals surface area contributed by atoms with Gasteiger partial charge in [-0.25, -0.2) is 0 Å². The lowest BCUT2D eigenvalue weighted by Crippen LogP contribution is -2.37. The van der Waals surface area contributed by atoms with Gasteiger partial charge in [0, 0.05) is 12.6 Å². The number of hydrogen-bond acceptors (Lipinski definition) is 2. The van der Waals surface area contributed by atoms with Gasteiger partial charge in [-0.3, -0.25) is 4.79 Å². The largest absolute Gasteiger partial charge is 0.416 e. The second-order valence-corrected chi connectivity index (χ2v) is 5.39. The number of rotatable bonds is 6. The Morgan fingerprint density at radius 3 is 2.38 bits per heavy atom. The van der Waals surface area contributed by atoms with E-state index in [1.54, 1.807) is 13.0 Å². The third-order valence-corrected chi connectivity index (χ3v) is 3.01. The molecule has 1 amide bonds. The van der Waals surface area contributed by atoms with E-state index >= 15 is 0 Å². The van der Waals surface area contributed by atoms with Crippen molar-refractivity contribution >= 4 is 5.91 Å². The average molecular weight is 302 g/mol. The maximum absolute atomic E-state index is 12.9. The molecule has 0 aliphatic carbocycles. The van der Waals surface area contributed by atoms with E-state index in [4.69, 9.17) is 0 Å². The summed E-state index contributed by atoms with van der Waals surface area (Å²) < 4.78 is 38.7. The quantitative estimate of drug-likeness (QED) is 0.847. The molecule has 1 aromatic carbocycles. The van der Waals surface area contributed by atoms with Gasteiger partial charge < -0.3 is 10.6 Å². The standard InChI is InChI=1S/C15H21F3N2O/c1-10(2)8-20-14(21)9-19-11(3)12-6-4-5-7-13(12)15(16,17)18/h4-7,10-11,19H,8-9H2,1-3H3,(H,20,21). The third-order valence-electron chi connectivity index (χ3n) is 3.01. The van der Waals surface area contributed by atoms with Crippen LogP contribution in [0.15, 0.2) is 24.3 Å². The minimum Gasteiger partial charge on any atom is -0.355 e. The third kappa shape index (κ3) is 5.75. The SMILES string of the molecule is CC(C)CNC(=O)CNC(C)c1ccccc1C(F)(F)F. The number of carbonyl (C=O) groups is 1. The van der Waals surface area contributed by atoms with Crippen LogP contribution in [0.25, 0.3) is 0 Å². The molecule has 0 saturated heterocycles. The first kappa shape index (κ1) is 17.5. The lowest BCUT2D eigenvalue weighted by atomic mass is 10.0. The van der Waals surface area contributed by atoms with Gasteiger partial charge in [-0.2, -0.15) is 13.2 Å². The molecule has 3 nitrogen and oxygen atoms in total. The summed E-state index contributed by atoms with van der Waals surface area (Å²) in [5.41, 5.74) is -0.533. The van der Waals surface area contributed by atoms with Crippen molar-refractivity contribution in [1.82, 2.24) is 10.6 Å². The molecule has 1 aromatic rings. The molecule has 0 heterocycles. The van der Waals surface area contributed by atoms with Gasteiger partial charge in [0.05, 0.1) is 12.1 Å². The normalized spacial score (nSPS) is 13.3. The van der Waals surface area contributed by atoms with Crippen LogP contribution in [0.5, 0.6) is 0 Å². The van der Waals surface area contributed by atoms with Crippen LogP contribution >= 0.6 is 0 Å². The molecule has 1 unspecified atom stereocenters.